The van der Waals surface area contributed by atoms with E-state index in [2.05, 4.69) is 19.2 Å². The van der Waals surface area contributed by atoms with Gasteiger partial charge in [0.2, 0.25) is 0 Å². The summed E-state index contributed by atoms with van der Waals surface area (Å²) in [6.45, 7) is 12.5. The highest BCUT2D eigenvalue weighted by molar-refractivity contribution is 5.90. The van der Waals surface area contributed by atoms with Gasteiger partial charge in [-0.2, -0.15) is 0 Å². The highest BCUT2D eigenvalue weighted by Gasteiger charge is 2.22. The molecule has 2 aromatic carbocycles. The number of carbonyl (C=O) groups is 2. The molecule has 144 valence electrons. The zero-order valence-electron chi connectivity index (χ0n) is 16.6. The van der Waals surface area contributed by atoms with E-state index >= 15 is 0 Å². The number of fused-ring (bicyclic) bond motifs is 1. The molecular weight excluding hydrogens is 352 g/mol. The maximum absolute atomic E-state index is 11.9. The summed E-state index contributed by atoms with van der Waals surface area (Å²) in [6.07, 6.45) is 2.79. The average molecular weight is 376 g/mol. The number of hydrogen-bond donors (Lipinski definition) is 0. The van der Waals surface area contributed by atoms with E-state index in [1.54, 1.807) is 13.8 Å². The fourth-order valence-corrected chi connectivity index (χ4v) is 3.38. The maximum atomic E-state index is 11.9. The summed E-state index contributed by atoms with van der Waals surface area (Å²) in [7, 11) is 0. The van der Waals surface area contributed by atoms with Gasteiger partial charge in [-0.25, -0.2) is 9.59 Å². The number of esters is 2. The van der Waals surface area contributed by atoms with Gasteiger partial charge in [0.15, 0.2) is 0 Å². The third-order valence-electron chi connectivity index (χ3n) is 4.71. The van der Waals surface area contributed by atoms with E-state index < -0.39 is 11.9 Å². The summed E-state index contributed by atoms with van der Waals surface area (Å²) < 4.78 is 10.9. The molecule has 0 saturated heterocycles. The van der Waals surface area contributed by atoms with Gasteiger partial charge >= 0.3 is 11.9 Å². The summed E-state index contributed by atoms with van der Waals surface area (Å²) in [5.41, 5.74) is 6.00. The van der Waals surface area contributed by atoms with Crippen molar-refractivity contribution >= 4 is 11.9 Å². The topological polar surface area (TPSA) is 52.6 Å². The van der Waals surface area contributed by atoms with Gasteiger partial charge < -0.3 is 9.47 Å². The second kappa shape index (κ2) is 7.85. The number of ether oxygens (including phenoxy) is 2. The Labute approximate surface area is 165 Å². The molecule has 0 saturated carbocycles. The second-order valence-electron chi connectivity index (χ2n) is 7.30. The first-order valence-corrected chi connectivity index (χ1v) is 9.28. The molecule has 0 radical (unpaired) electrons. The van der Waals surface area contributed by atoms with Crippen molar-refractivity contribution in [3.05, 3.63) is 71.3 Å². The first kappa shape index (κ1) is 19.6. The molecule has 1 aliphatic rings. The van der Waals surface area contributed by atoms with Crippen molar-refractivity contribution in [3.8, 4) is 22.6 Å². The monoisotopic (exact) mass is 376 g/mol. The zero-order chi connectivity index (χ0) is 20.4. The van der Waals surface area contributed by atoms with E-state index in [0.717, 1.165) is 41.5 Å². The molecule has 0 heterocycles. The lowest BCUT2D eigenvalue weighted by Gasteiger charge is -2.15. The van der Waals surface area contributed by atoms with Crippen molar-refractivity contribution in [2.45, 2.75) is 40.0 Å². The lowest BCUT2D eigenvalue weighted by Crippen LogP contribution is -2.10. The maximum Gasteiger partial charge on any atom is 0.338 e. The number of carbonyl (C=O) groups excluding carboxylic acids is 2. The number of benzene rings is 2. The normalized spacial score (nSPS) is 12.2. The Morgan fingerprint density at radius 2 is 1.54 bits per heavy atom. The molecule has 4 heteroatoms. The predicted molar refractivity (Wildman–Crippen MR) is 110 cm³/mol. The molecule has 4 nitrogen and oxygen atoms in total. The molecule has 1 aliphatic carbocycles. The van der Waals surface area contributed by atoms with Gasteiger partial charge in [-0.1, -0.05) is 25.3 Å². The molecule has 0 atom stereocenters. The van der Waals surface area contributed by atoms with Crippen molar-refractivity contribution in [2.75, 3.05) is 0 Å². The molecule has 0 N–H and O–H groups in total. The van der Waals surface area contributed by atoms with Gasteiger partial charge in [0, 0.05) is 11.1 Å². The van der Waals surface area contributed by atoms with Crippen LogP contribution in [-0.2, 0) is 22.4 Å². The van der Waals surface area contributed by atoms with E-state index in [1.165, 1.54) is 5.56 Å². The summed E-state index contributed by atoms with van der Waals surface area (Å²) in [5.74, 6) is 0.244. The molecule has 0 fully saturated rings. The molecule has 0 unspecified atom stereocenters. The Morgan fingerprint density at radius 3 is 2.21 bits per heavy atom. The minimum Gasteiger partial charge on any atom is -0.423 e. The van der Waals surface area contributed by atoms with Crippen LogP contribution < -0.4 is 9.47 Å². The molecule has 0 aliphatic heterocycles. The lowest BCUT2D eigenvalue weighted by atomic mass is 9.95. The summed E-state index contributed by atoms with van der Waals surface area (Å²) in [6, 6.07) is 9.55. The third kappa shape index (κ3) is 4.06. The number of rotatable bonds is 5. The van der Waals surface area contributed by atoms with Crippen LogP contribution in [0.4, 0.5) is 0 Å². The van der Waals surface area contributed by atoms with Crippen LogP contribution in [0.3, 0.4) is 0 Å². The van der Waals surface area contributed by atoms with Crippen LogP contribution >= 0.6 is 0 Å². The van der Waals surface area contributed by atoms with E-state index in [0.29, 0.717) is 22.6 Å². The van der Waals surface area contributed by atoms with Crippen molar-refractivity contribution in [1.82, 2.24) is 0 Å². The Morgan fingerprint density at radius 1 is 0.893 bits per heavy atom. The molecular formula is C24H24O4. The van der Waals surface area contributed by atoms with Crippen LogP contribution in [0.1, 0.15) is 37.0 Å². The Balaban J connectivity index is 2.01. The molecule has 28 heavy (non-hydrogen) atoms. The molecule has 2 aromatic rings. The second-order valence-corrected chi connectivity index (χ2v) is 7.30. The van der Waals surface area contributed by atoms with Gasteiger partial charge in [0.25, 0.3) is 0 Å². The van der Waals surface area contributed by atoms with Crippen molar-refractivity contribution in [2.24, 2.45) is 0 Å². The summed E-state index contributed by atoms with van der Waals surface area (Å²) >= 11 is 0. The van der Waals surface area contributed by atoms with Gasteiger partial charge in [-0.15, -0.1) is 0 Å². The van der Waals surface area contributed by atoms with Crippen LogP contribution in [0.5, 0.6) is 11.5 Å². The van der Waals surface area contributed by atoms with Crippen molar-refractivity contribution in [1.29, 1.82) is 0 Å². The van der Waals surface area contributed by atoms with Gasteiger partial charge in [0.05, 0.1) is 0 Å². The van der Waals surface area contributed by atoms with E-state index in [4.69, 9.17) is 9.47 Å². The molecule has 0 spiro atoms. The Bertz CT molecular complexity index is 998. The van der Waals surface area contributed by atoms with Gasteiger partial charge in [-0.3, -0.25) is 0 Å². The highest BCUT2D eigenvalue weighted by Crippen LogP contribution is 2.39. The van der Waals surface area contributed by atoms with Crippen LogP contribution in [-0.4, -0.2) is 11.9 Å². The van der Waals surface area contributed by atoms with Crippen molar-refractivity contribution in [3.63, 3.8) is 0 Å². The average Bonchev–Trinajstić information content (AvgIpc) is 3.11. The first-order chi connectivity index (χ1) is 13.3. The summed E-state index contributed by atoms with van der Waals surface area (Å²) in [4.78, 5) is 23.8. The quantitative estimate of drug-likeness (QED) is 0.413. The lowest BCUT2D eigenvalue weighted by molar-refractivity contribution is -0.131. The van der Waals surface area contributed by atoms with Gasteiger partial charge in [-0.05, 0) is 86.1 Å². The highest BCUT2D eigenvalue weighted by atomic mass is 16.5. The van der Waals surface area contributed by atoms with Crippen LogP contribution in [0, 0.1) is 6.92 Å². The number of hydrogen-bond acceptors (Lipinski definition) is 4. The molecule has 3 rings (SSSR count). The first-order valence-electron chi connectivity index (χ1n) is 9.28. The fraction of sp³-hybridized carbons (Fsp3) is 0.250. The Kier molecular flexibility index (Phi) is 5.50. The minimum absolute atomic E-state index is 0.354. The van der Waals surface area contributed by atoms with Gasteiger partial charge in [0.1, 0.15) is 11.5 Å². The molecule has 0 bridgehead atoms. The van der Waals surface area contributed by atoms with E-state index in [-0.39, 0.29) is 0 Å². The van der Waals surface area contributed by atoms with Crippen LogP contribution in [0.25, 0.3) is 11.1 Å². The predicted octanol–water partition coefficient (Wildman–Crippen LogP) is 5.11. The smallest absolute Gasteiger partial charge is 0.338 e. The zero-order valence-corrected chi connectivity index (χ0v) is 16.6. The number of aryl methyl sites for hydroxylation is 1. The van der Waals surface area contributed by atoms with Crippen LogP contribution in [0.15, 0.2) is 54.6 Å². The van der Waals surface area contributed by atoms with Crippen LogP contribution in [0.2, 0.25) is 0 Å². The molecule has 0 aromatic heterocycles. The molecule has 0 amide bonds. The van der Waals surface area contributed by atoms with E-state index in [1.807, 2.05) is 31.2 Å². The Hall–Kier alpha value is -3.14. The SMILES string of the molecule is C=C(C)C(=O)Oc1cc(C)cc(-c2ccc(OC(=O)C(=C)C)c3c2CCC3)c1. The third-order valence-corrected chi connectivity index (χ3v) is 4.71. The summed E-state index contributed by atoms with van der Waals surface area (Å²) in [5, 5.41) is 0. The minimum atomic E-state index is -0.441. The van der Waals surface area contributed by atoms with Crippen molar-refractivity contribution < 1.29 is 19.1 Å². The fourth-order valence-electron chi connectivity index (χ4n) is 3.38. The van der Waals surface area contributed by atoms with E-state index in [9.17, 15) is 9.59 Å². The largest absolute Gasteiger partial charge is 0.423 e. The standard InChI is InChI=1S/C24H24O4/c1-14(2)23(25)27-18-12-16(5)11-17(13-18)19-9-10-22(28-24(26)15(3)4)21-8-6-7-20(19)21/h9-13H,1,3,6-8H2,2,4-5H3.